The average molecular weight is 440 g/mol. The predicted molar refractivity (Wildman–Crippen MR) is 119 cm³/mol. The quantitative estimate of drug-likeness (QED) is 0.404. The van der Waals surface area contributed by atoms with Gasteiger partial charge in [-0.15, -0.1) is 0 Å². The monoisotopic (exact) mass is 439 g/mol. The number of carbonyl (C=O) groups excluding carboxylic acids is 2. The molecule has 0 aliphatic carbocycles. The van der Waals surface area contributed by atoms with Gasteiger partial charge in [0.15, 0.2) is 0 Å². The normalized spacial score (nSPS) is 10.5. The standard InChI is InChI=1S/C23H22ClN3O4/c1-2-3-12-31-23(30)16-6-10-19(11-7-16)26-20(28)13-17-14-25-21(27-22(17)29)15-4-8-18(24)9-5-15/h4-11,14H,2-3,12-13H2,1H3,(H,26,28)(H,25,27,29). The van der Waals surface area contributed by atoms with Crippen LogP contribution in [0.15, 0.2) is 59.5 Å². The molecule has 8 heteroatoms. The molecule has 0 aliphatic heterocycles. The highest BCUT2D eigenvalue weighted by atomic mass is 35.5. The lowest BCUT2D eigenvalue weighted by atomic mass is 10.2. The van der Waals surface area contributed by atoms with Crippen LogP contribution in [0.1, 0.15) is 35.7 Å². The summed E-state index contributed by atoms with van der Waals surface area (Å²) in [5.74, 6) is -0.373. The average Bonchev–Trinajstić information content (AvgIpc) is 2.76. The maximum atomic E-state index is 12.3. The summed E-state index contributed by atoms with van der Waals surface area (Å²) in [7, 11) is 0. The Morgan fingerprint density at radius 2 is 1.81 bits per heavy atom. The van der Waals surface area contributed by atoms with Crippen LogP contribution in [-0.4, -0.2) is 28.5 Å². The van der Waals surface area contributed by atoms with Gasteiger partial charge in [-0.05, 0) is 55.0 Å². The third-order valence-electron chi connectivity index (χ3n) is 4.48. The van der Waals surface area contributed by atoms with Gasteiger partial charge in [0.25, 0.3) is 5.56 Å². The van der Waals surface area contributed by atoms with E-state index >= 15 is 0 Å². The van der Waals surface area contributed by atoms with Crippen LogP contribution in [0, 0.1) is 0 Å². The number of aromatic nitrogens is 2. The van der Waals surface area contributed by atoms with Gasteiger partial charge < -0.3 is 15.0 Å². The Morgan fingerprint density at radius 1 is 1.10 bits per heavy atom. The first-order valence-corrected chi connectivity index (χ1v) is 10.2. The second-order valence-electron chi connectivity index (χ2n) is 6.88. The molecule has 0 radical (unpaired) electrons. The van der Waals surface area contributed by atoms with Crippen LogP contribution in [0.25, 0.3) is 11.4 Å². The van der Waals surface area contributed by atoms with Crippen molar-refractivity contribution in [3.05, 3.63) is 81.2 Å². The van der Waals surface area contributed by atoms with Crippen molar-refractivity contribution >= 4 is 29.2 Å². The Kier molecular flexibility index (Phi) is 7.56. The molecule has 0 fully saturated rings. The zero-order valence-corrected chi connectivity index (χ0v) is 17.7. The molecule has 2 aromatic carbocycles. The number of hydrogen-bond donors (Lipinski definition) is 2. The van der Waals surface area contributed by atoms with Crippen LogP contribution >= 0.6 is 11.6 Å². The van der Waals surface area contributed by atoms with Gasteiger partial charge in [-0.25, -0.2) is 9.78 Å². The minimum Gasteiger partial charge on any atom is -0.462 e. The van der Waals surface area contributed by atoms with Crippen LogP contribution in [0.2, 0.25) is 5.02 Å². The lowest BCUT2D eigenvalue weighted by Crippen LogP contribution is -2.22. The number of nitrogens with zero attached hydrogens (tertiary/aromatic N) is 1. The van der Waals surface area contributed by atoms with Crippen molar-refractivity contribution in [2.75, 3.05) is 11.9 Å². The molecule has 0 spiro atoms. The third kappa shape index (κ3) is 6.26. The number of benzene rings is 2. The first kappa shape index (κ1) is 22.2. The van der Waals surface area contributed by atoms with Crippen molar-refractivity contribution in [2.24, 2.45) is 0 Å². The maximum Gasteiger partial charge on any atom is 0.338 e. The summed E-state index contributed by atoms with van der Waals surface area (Å²) < 4.78 is 5.15. The van der Waals surface area contributed by atoms with Crippen molar-refractivity contribution in [1.29, 1.82) is 0 Å². The molecule has 1 amide bonds. The number of rotatable bonds is 8. The lowest BCUT2D eigenvalue weighted by Gasteiger charge is -2.07. The number of H-pyrrole nitrogens is 1. The van der Waals surface area contributed by atoms with Gasteiger partial charge in [-0.1, -0.05) is 24.9 Å². The smallest absolute Gasteiger partial charge is 0.338 e. The van der Waals surface area contributed by atoms with Gasteiger partial charge in [0.1, 0.15) is 5.82 Å². The fraction of sp³-hybridized carbons (Fsp3) is 0.217. The van der Waals surface area contributed by atoms with Crippen molar-refractivity contribution in [1.82, 2.24) is 9.97 Å². The molecule has 0 unspecified atom stereocenters. The Hall–Kier alpha value is -3.45. The summed E-state index contributed by atoms with van der Waals surface area (Å²) in [4.78, 5) is 43.5. The van der Waals surface area contributed by atoms with E-state index in [2.05, 4.69) is 15.3 Å². The number of anilines is 1. The molecule has 2 N–H and O–H groups in total. The number of hydrogen-bond acceptors (Lipinski definition) is 5. The molecule has 1 aromatic heterocycles. The topological polar surface area (TPSA) is 101 Å². The number of carbonyl (C=O) groups is 2. The SMILES string of the molecule is CCCCOC(=O)c1ccc(NC(=O)Cc2cnc(-c3ccc(Cl)cc3)[nH]c2=O)cc1. The fourth-order valence-electron chi connectivity index (χ4n) is 2.76. The van der Waals surface area contributed by atoms with Crippen LogP contribution in [0.3, 0.4) is 0 Å². The van der Waals surface area contributed by atoms with Crippen molar-refractivity contribution in [2.45, 2.75) is 26.2 Å². The van der Waals surface area contributed by atoms with Gasteiger partial charge >= 0.3 is 5.97 Å². The first-order chi connectivity index (χ1) is 15.0. The largest absolute Gasteiger partial charge is 0.462 e. The molecular formula is C23H22ClN3O4. The molecule has 0 saturated carbocycles. The minimum absolute atomic E-state index is 0.135. The van der Waals surface area contributed by atoms with Gasteiger partial charge in [0.05, 0.1) is 18.6 Å². The number of unbranched alkanes of at least 4 members (excludes halogenated alkanes) is 1. The van der Waals surface area contributed by atoms with Crippen molar-refractivity contribution in [3.63, 3.8) is 0 Å². The van der Waals surface area contributed by atoms with Gasteiger partial charge in [0.2, 0.25) is 5.91 Å². The van der Waals surface area contributed by atoms with Gasteiger partial charge in [-0.3, -0.25) is 9.59 Å². The molecule has 0 atom stereocenters. The number of nitrogens with one attached hydrogen (secondary N) is 2. The Morgan fingerprint density at radius 3 is 2.45 bits per heavy atom. The maximum absolute atomic E-state index is 12.3. The summed E-state index contributed by atoms with van der Waals surface area (Å²) in [6, 6.07) is 13.3. The van der Waals surface area contributed by atoms with Crippen LogP contribution in [-0.2, 0) is 16.0 Å². The highest BCUT2D eigenvalue weighted by Gasteiger charge is 2.11. The van der Waals surface area contributed by atoms with E-state index in [0.717, 1.165) is 12.8 Å². The molecule has 0 bridgehead atoms. The van der Waals surface area contributed by atoms with E-state index in [0.29, 0.717) is 34.3 Å². The highest BCUT2D eigenvalue weighted by Crippen LogP contribution is 2.17. The zero-order valence-electron chi connectivity index (χ0n) is 17.0. The van der Waals surface area contributed by atoms with E-state index in [1.54, 1.807) is 48.5 Å². The summed E-state index contributed by atoms with van der Waals surface area (Å²) in [6.07, 6.45) is 3.01. The molecule has 31 heavy (non-hydrogen) atoms. The third-order valence-corrected chi connectivity index (χ3v) is 4.73. The summed E-state index contributed by atoms with van der Waals surface area (Å²) in [5.41, 5.74) is 1.49. The second kappa shape index (κ2) is 10.5. The van der Waals surface area contributed by atoms with Crippen LogP contribution < -0.4 is 10.9 Å². The van der Waals surface area contributed by atoms with E-state index in [1.165, 1.54) is 6.20 Å². The molecule has 7 nitrogen and oxygen atoms in total. The molecule has 1 heterocycles. The summed E-state index contributed by atoms with van der Waals surface area (Å²) in [6.45, 7) is 2.40. The molecule has 3 rings (SSSR count). The van der Waals surface area contributed by atoms with E-state index in [1.807, 2.05) is 6.92 Å². The zero-order chi connectivity index (χ0) is 22.2. The molecule has 0 saturated heterocycles. The van der Waals surface area contributed by atoms with E-state index < -0.39 is 5.97 Å². The summed E-state index contributed by atoms with van der Waals surface area (Å²) in [5, 5.41) is 3.29. The van der Waals surface area contributed by atoms with E-state index in [4.69, 9.17) is 16.3 Å². The van der Waals surface area contributed by atoms with Crippen LogP contribution in [0.4, 0.5) is 5.69 Å². The number of amides is 1. The minimum atomic E-state index is -0.398. The molecule has 0 aliphatic rings. The number of aromatic amines is 1. The molecular weight excluding hydrogens is 418 g/mol. The van der Waals surface area contributed by atoms with E-state index in [-0.39, 0.29) is 23.5 Å². The lowest BCUT2D eigenvalue weighted by molar-refractivity contribution is -0.115. The summed E-state index contributed by atoms with van der Waals surface area (Å²) >= 11 is 5.87. The Labute approximate surface area is 184 Å². The Balaban J connectivity index is 1.59. The van der Waals surface area contributed by atoms with Gasteiger partial charge in [-0.2, -0.15) is 0 Å². The van der Waals surface area contributed by atoms with Crippen molar-refractivity contribution in [3.8, 4) is 11.4 Å². The second-order valence-corrected chi connectivity index (χ2v) is 7.32. The number of ether oxygens (including phenoxy) is 1. The predicted octanol–water partition coefficient (Wildman–Crippen LogP) is 4.23. The number of esters is 1. The number of halogens is 1. The Bertz CT molecular complexity index is 1110. The van der Waals surface area contributed by atoms with E-state index in [9.17, 15) is 14.4 Å². The van der Waals surface area contributed by atoms with Gasteiger partial charge in [0, 0.05) is 28.0 Å². The van der Waals surface area contributed by atoms with Crippen LogP contribution in [0.5, 0.6) is 0 Å². The van der Waals surface area contributed by atoms with Crippen molar-refractivity contribution < 1.29 is 14.3 Å². The fourth-order valence-corrected chi connectivity index (χ4v) is 2.89. The first-order valence-electron chi connectivity index (χ1n) is 9.87. The highest BCUT2D eigenvalue weighted by molar-refractivity contribution is 6.30. The molecule has 160 valence electrons. The molecule has 3 aromatic rings.